The average molecular weight is 322 g/mol. The molecule has 1 aliphatic rings. The van der Waals surface area contributed by atoms with E-state index in [4.69, 9.17) is 4.74 Å². The fourth-order valence-corrected chi connectivity index (χ4v) is 3.34. The van der Waals surface area contributed by atoms with Crippen LogP contribution in [-0.4, -0.2) is 41.1 Å². The zero-order valence-corrected chi connectivity index (χ0v) is 13.4. The zero-order valence-electron chi connectivity index (χ0n) is 12.5. The van der Waals surface area contributed by atoms with E-state index in [1.165, 1.54) is 12.1 Å². The molecule has 1 aromatic heterocycles. The molecule has 2 aromatic rings. The molecule has 5 nitrogen and oxygen atoms in total. The van der Waals surface area contributed by atoms with Gasteiger partial charge in [0.25, 0.3) is 0 Å². The molecule has 0 bridgehead atoms. The van der Waals surface area contributed by atoms with Gasteiger partial charge in [0.1, 0.15) is 5.82 Å². The molecule has 0 atom stereocenters. The van der Waals surface area contributed by atoms with Crippen molar-refractivity contribution in [2.45, 2.75) is 24.4 Å². The minimum absolute atomic E-state index is 0.208. The van der Waals surface area contributed by atoms with Crippen LogP contribution in [-0.2, 0) is 17.0 Å². The minimum atomic E-state index is -0.208. The molecule has 22 heavy (non-hydrogen) atoms. The van der Waals surface area contributed by atoms with Crippen LogP contribution in [0.3, 0.4) is 0 Å². The first-order chi connectivity index (χ1) is 10.8. The van der Waals surface area contributed by atoms with Gasteiger partial charge in [-0.2, -0.15) is 0 Å². The topological polar surface area (TPSA) is 43.2 Å². The summed E-state index contributed by atoms with van der Waals surface area (Å²) >= 11 is 1.62. The number of thioether (sulfide) groups is 1. The Hall–Kier alpha value is -1.60. The van der Waals surface area contributed by atoms with Gasteiger partial charge in [-0.05, 0) is 24.6 Å². The van der Waals surface area contributed by atoms with Gasteiger partial charge in [0, 0.05) is 25.4 Å². The molecule has 7 heteroatoms. The normalized spacial score (nSPS) is 15.3. The number of rotatable bonds is 5. The summed E-state index contributed by atoms with van der Waals surface area (Å²) in [5.41, 5.74) is 1.07. The third-order valence-corrected chi connectivity index (χ3v) is 4.63. The molecule has 1 saturated heterocycles. The lowest BCUT2D eigenvalue weighted by Crippen LogP contribution is -2.38. The van der Waals surface area contributed by atoms with Gasteiger partial charge in [-0.1, -0.05) is 23.9 Å². The first-order valence-electron chi connectivity index (χ1n) is 7.41. The summed E-state index contributed by atoms with van der Waals surface area (Å²) < 4.78 is 20.4. The molecule has 0 spiro atoms. The highest BCUT2D eigenvalue weighted by atomic mass is 32.2. The van der Waals surface area contributed by atoms with E-state index in [0.717, 1.165) is 55.3 Å². The Morgan fingerprint density at radius 1 is 1.18 bits per heavy atom. The van der Waals surface area contributed by atoms with Crippen LogP contribution in [0.1, 0.15) is 12.5 Å². The predicted octanol–water partition coefficient (Wildman–Crippen LogP) is 2.57. The molecular formula is C15H19FN4OS. The van der Waals surface area contributed by atoms with Crippen molar-refractivity contribution in [1.29, 1.82) is 0 Å². The van der Waals surface area contributed by atoms with Crippen molar-refractivity contribution in [3.05, 3.63) is 35.6 Å². The highest BCUT2D eigenvalue weighted by Crippen LogP contribution is 2.25. The molecule has 0 N–H and O–H groups in total. The Kier molecular flexibility index (Phi) is 4.94. The molecule has 2 heterocycles. The number of ether oxygens (including phenoxy) is 1. The molecule has 1 aliphatic heterocycles. The van der Waals surface area contributed by atoms with Crippen molar-refractivity contribution in [3.8, 4) is 0 Å². The number of morpholine rings is 1. The Morgan fingerprint density at radius 3 is 2.59 bits per heavy atom. The number of aromatic nitrogens is 3. The fraction of sp³-hybridized carbons (Fsp3) is 0.467. The second-order valence-corrected chi connectivity index (χ2v) is 5.98. The highest BCUT2D eigenvalue weighted by Gasteiger charge is 2.19. The molecule has 0 unspecified atom stereocenters. The SMILES string of the molecule is CCn1c(SCc2ccc(F)cc2)nnc1N1CCOCC1. The van der Waals surface area contributed by atoms with E-state index >= 15 is 0 Å². The number of halogens is 1. The van der Waals surface area contributed by atoms with Crippen LogP contribution >= 0.6 is 11.8 Å². The third-order valence-electron chi connectivity index (χ3n) is 3.59. The Labute approximate surface area is 133 Å². The molecule has 0 saturated carbocycles. The van der Waals surface area contributed by atoms with Crippen molar-refractivity contribution in [2.24, 2.45) is 0 Å². The van der Waals surface area contributed by atoms with Crippen molar-refractivity contribution < 1.29 is 9.13 Å². The summed E-state index contributed by atoms with van der Waals surface area (Å²) in [4.78, 5) is 2.21. The monoisotopic (exact) mass is 322 g/mol. The standard InChI is InChI=1S/C15H19FN4OS/c1-2-20-14(19-7-9-21-10-8-19)17-18-15(20)22-11-12-3-5-13(16)6-4-12/h3-6H,2,7-11H2,1H3. The molecule has 3 rings (SSSR count). The lowest BCUT2D eigenvalue weighted by Gasteiger charge is -2.27. The Balaban J connectivity index is 1.70. The lowest BCUT2D eigenvalue weighted by atomic mass is 10.2. The second-order valence-electron chi connectivity index (χ2n) is 5.04. The van der Waals surface area contributed by atoms with Gasteiger partial charge in [-0.25, -0.2) is 4.39 Å². The van der Waals surface area contributed by atoms with Gasteiger partial charge >= 0.3 is 0 Å². The van der Waals surface area contributed by atoms with Crippen LogP contribution in [0.5, 0.6) is 0 Å². The molecular weight excluding hydrogens is 303 g/mol. The predicted molar refractivity (Wildman–Crippen MR) is 84.7 cm³/mol. The summed E-state index contributed by atoms with van der Waals surface area (Å²) in [5.74, 6) is 1.45. The number of hydrogen-bond donors (Lipinski definition) is 0. The maximum atomic E-state index is 12.9. The quantitative estimate of drug-likeness (QED) is 0.792. The molecule has 0 radical (unpaired) electrons. The van der Waals surface area contributed by atoms with E-state index < -0.39 is 0 Å². The van der Waals surface area contributed by atoms with Crippen LogP contribution in [0, 0.1) is 5.82 Å². The van der Waals surface area contributed by atoms with Gasteiger partial charge < -0.3 is 9.64 Å². The van der Waals surface area contributed by atoms with Crippen molar-refractivity contribution in [2.75, 3.05) is 31.2 Å². The number of benzene rings is 1. The molecule has 118 valence electrons. The molecule has 1 fully saturated rings. The Morgan fingerprint density at radius 2 is 1.91 bits per heavy atom. The lowest BCUT2D eigenvalue weighted by molar-refractivity contribution is 0.121. The largest absolute Gasteiger partial charge is 0.378 e. The minimum Gasteiger partial charge on any atom is -0.378 e. The van der Waals surface area contributed by atoms with Crippen molar-refractivity contribution in [3.63, 3.8) is 0 Å². The number of hydrogen-bond acceptors (Lipinski definition) is 5. The maximum Gasteiger partial charge on any atom is 0.228 e. The van der Waals surface area contributed by atoms with E-state index in [0.29, 0.717) is 0 Å². The summed E-state index contributed by atoms with van der Waals surface area (Å²) in [5, 5.41) is 9.55. The van der Waals surface area contributed by atoms with Gasteiger partial charge in [-0.3, -0.25) is 4.57 Å². The van der Waals surface area contributed by atoms with Crippen molar-refractivity contribution in [1.82, 2.24) is 14.8 Å². The second kappa shape index (κ2) is 7.11. The summed E-state index contributed by atoms with van der Waals surface area (Å²) in [6, 6.07) is 6.58. The van der Waals surface area contributed by atoms with Crippen LogP contribution in [0.4, 0.5) is 10.3 Å². The first kappa shape index (κ1) is 15.3. The van der Waals surface area contributed by atoms with Crippen LogP contribution in [0.25, 0.3) is 0 Å². The maximum absolute atomic E-state index is 12.9. The summed E-state index contributed by atoms with van der Waals surface area (Å²) in [6.45, 7) is 6.07. The van der Waals surface area contributed by atoms with Gasteiger partial charge in [0.05, 0.1) is 13.2 Å². The summed E-state index contributed by atoms with van der Waals surface area (Å²) in [7, 11) is 0. The third kappa shape index (κ3) is 3.41. The fourth-order valence-electron chi connectivity index (χ4n) is 2.39. The first-order valence-corrected chi connectivity index (χ1v) is 8.39. The molecule has 1 aromatic carbocycles. The van der Waals surface area contributed by atoms with Gasteiger partial charge in [-0.15, -0.1) is 10.2 Å². The highest BCUT2D eigenvalue weighted by molar-refractivity contribution is 7.98. The van der Waals surface area contributed by atoms with E-state index in [1.54, 1.807) is 23.9 Å². The summed E-state index contributed by atoms with van der Waals surface area (Å²) in [6.07, 6.45) is 0. The van der Waals surface area contributed by atoms with E-state index in [2.05, 4.69) is 26.6 Å². The average Bonchev–Trinajstić information content (AvgIpc) is 2.98. The van der Waals surface area contributed by atoms with Crippen molar-refractivity contribution >= 4 is 17.7 Å². The van der Waals surface area contributed by atoms with Gasteiger partial charge in [0.2, 0.25) is 5.95 Å². The smallest absolute Gasteiger partial charge is 0.228 e. The number of anilines is 1. The van der Waals surface area contributed by atoms with E-state index in [1.807, 2.05) is 0 Å². The molecule has 0 amide bonds. The van der Waals surface area contributed by atoms with Crippen LogP contribution in [0.2, 0.25) is 0 Å². The van der Waals surface area contributed by atoms with Crippen LogP contribution < -0.4 is 4.90 Å². The zero-order chi connectivity index (χ0) is 15.4. The van der Waals surface area contributed by atoms with E-state index in [-0.39, 0.29) is 5.82 Å². The van der Waals surface area contributed by atoms with E-state index in [9.17, 15) is 4.39 Å². The molecule has 0 aliphatic carbocycles. The Bertz CT molecular complexity index is 611. The van der Waals surface area contributed by atoms with Crippen LogP contribution in [0.15, 0.2) is 29.4 Å². The number of nitrogens with zero attached hydrogens (tertiary/aromatic N) is 4. The van der Waals surface area contributed by atoms with Gasteiger partial charge in [0.15, 0.2) is 5.16 Å².